The lowest BCUT2D eigenvalue weighted by atomic mass is 9.81. The lowest BCUT2D eigenvalue weighted by Crippen LogP contribution is -2.47. The molecule has 5 rings (SSSR count). The molecule has 1 unspecified atom stereocenters. The molecule has 0 aromatic carbocycles. The summed E-state index contributed by atoms with van der Waals surface area (Å²) in [6, 6.07) is -0.361. The number of carbonyl (C=O) groups is 2. The van der Waals surface area contributed by atoms with Crippen LogP contribution >= 0.6 is 0 Å². The zero-order valence-corrected chi connectivity index (χ0v) is 29.1. The standard InChI is InChI=1S/C27H37F7N8O.C4H6O.C2H6/c1-35-21(16-3-6-25(28,29)7-4-16)20-14-42-24(38-20)39-22(41-9-2-5-26(30,31)15-36-8-10-41)19(40-42)12-17-11-18(27(32,33)34)13-37-23(17)43;1-4(2)3-5;1-2/h14,16-18,21,35-36H,2-13,15H2,1H3,(H,37,43);3H,1H2,2H3;1-2H3/t17-,18-,21?;;/m1../s1. The molecule has 282 valence electrons. The van der Waals surface area contributed by atoms with Gasteiger partial charge in [0.05, 0.1) is 30.4 Å². The van der Waals surface area contributed by atoms with Gasteiger partial charge in [-0.1, -0.05) is 20.4 Å². The zero-order chi connectivity index (χ0) is 37.3. The fourth-order valence-corrected chi connectivity index (χ4v) is 6.41. The molecular weight excluding hydrogens is 673 g/mol. The van der Waals surface area contributed by atoms with E-state index in [9.17, 15) is 40.3 Å². The monoisotopic (exact) mass is 722 g/mol. The third-order valence-corrected chi connectivity index (χ3v) is 9.02. The Balaban J connectivity index is 0.000000887. The lowest BCUT2D eigenvalue weighted by Gasteiger charge is -2.32. The number of nitrogens with one attached hydrogen (secondary N) is 3. The molecule has 1 aliphatic carbocycles. The Hall–Kier alpha value is -3.34. The third-order valence-electron chi connectivity index (χ3n) is 9.02. The maximum Gasteiger partial charge on any atom is 0.393 e. The smallest absolute Gasteiger partial charge is 0.355 e. The van der Waals surface area contributed by atoms with E-state index in [1.165, 1.54) is 4.52 Å². The minimum atomic E-state index is -4.48. The van der Waals surface area contributed by atoms with Gasteiger partial charge in [-0.25, -0.2) is 27.1 Å². The Bertz CT molecular complexity index is 1420. The molecule has 50 heavy (non-hydrogen) atoms. The van der Waals surface area contributed by atoms with Crippen molar-refractivity contribution >= 4 is 23.8 Å². The zero-order valence-electron chi connectivity index (χ0n) is 29.1. The summed E-state index contributed by atoms with van der Waals surface area (Å²) in [5.74, 6) is -8.48. The first kappa shape index (κ1) is 41.1. The van der Waals surface area contributed by atoms with E-state index in [2.05, 4.69) is 32.6 Å². The van der Waals surface area contributed by atoms with E-state index < -0.39 is 55.3 Å². The number of carbonyl (C=O) groups excluding carboxylic acids is 2. The second-order valence-electron chi connectivity index (χ2n) is 13.0. The number of amides is 1. The Morgan fingerprint density at radius 1 is 1.12 bits per heavy atom. The van der Waals surface area contributed by atoms with Crippen LogP contribution in [0.15, 0.2) is 18.3 Å². The maximum absolute atomic E-state index is 14.1. The molecule has 17 heteroatoms. The number of aromatic nitrogens is 4. The largest absolute Gasteiger partial charge is 0.393 e. The van der Waals surface area contributed by atoms with E-state index in [1.807, 2.05) is 13.8 Å². The Labute approximate surface area is 288 Å². The highest BCUT2D eigenvalue weighted by molar-refractivity contribution is 5.80. The lowest BCUT2D eigenvalue weighted by molar-refractivity contribution is -0.183. The van der Waals surface area contributed by atoms with Crippen LogP contribution in [-0.2, 0) is 16.0 Å². The van der Waals surface area contributed by atoms with E-state index >= 15 is 0 Å². The summed E-state index contributed by atoms with van der Waals surface area (Å²) in [5.41, 5.74) is 1.35. The van der Waals surface area contributed by atoms with Crippen LogP contribution in [0, 0.1) is 17.8 Å². The molecular formula is C33H49F7N8O2. The van der Waals surface area contributed by atoms with E-state index in [-0.39, 0.29) is 81.0 Å². The summed E-state index contributed by atoms with van der Waals surface area (Å²) < 4.78 is 97.9. The molecule has 1 amide bonds. The van der Waals surface area contributed by atoms with Crippen molar-refractivity contribution < 1.29 is 40.3 Å². The number of halogens is 7. The van der Waals surface area contributed by atoms with Crippen molar-refractivity contribution in [3.63, 3.8) is 0 Å². The van der Waals surface area contributed by atoms with E-state index in [4.69, 9.17) is 4.98 Å². The minimum absolute atomic E-state index is 0.107. The molecule has 0 radical (unpaired) electrons. The Morgan fingerprint density at radius 2 is 1.78 bits per heavy atom. The predicted molar refractivity (Wildman–Crippen MR) is 175 cm³/mol. The maximum atomic E-state index is 14.1. The van der Waals surface area contributed by atoms with Crippen LogP contribution in [0.4, 0.5) is 36.6 Å². The first-order valence-corrected chi connectivity index (χ1v) is 17.1. The fraction of sp³-hybridized carbons (Fsp3) is 0.727. The minimum Gasteiger partial charge on any atom is -0.355 e. The molecule has 4 heterocycles. The van der Waals surface area contributed by atoms with Crippen LogP contribution in [0.2, 0.25) is 0 Å². The fourth-order valence-electron chi connectivity index (χ4n) is 6.41. The van der Waals surface area contributed by atoms with Gasteiger partial charge >= 0.3 is 6.18 Å². The summed E-state index contributed by atoms with van der Waals surface area (Å²) in [7, 11) is 1.71. The average Bonchev–Trinajstić information content (AvgIpc) is 3.49. The normalized spacial score (nSPS) is 23.5. The van der Waals surface area contributed by atoms with Crippen molar-refractivity contribution in [3.05, 3.63) is 29.7 Å². The number of imidazole rings is 1. The summed E-state index contributed by atoms with van der Waals surface area (Å²) in [4.78, 5) is 33.2. The molecule has 1 saturated carbocycles. The molecule has 3 aliphatic rings. The number of aldehydes is 1. The summed E-state index contributed by atoms with van der Waals surface area (Å²) in [5, 5.41) is 12.9. The number of piperidine rings is 1. The second-order valence-corrected chi connectivity index (χ2v) is 13.0. The van der Waals surface area contributed by atoms with Crippen LogP contribution < -0.4 is 20.9 Å². The van der Waals surface area contributed by atoms with Crippen molar-refractivity contribution in [2.45, 2.75) is 96.2 Å². The summed E-state index contributed by atoms with van der Waals surface area (Å²) in [6.45, 7) is 8.68. The number of nitrogens with zero attached hydrogens (tertiary/aromatic N) is 5. The quantitative estimate of drug-likeness (QED) is 0.190. The highest BCUT2D eigenvalue weighted by Crippen LogP contribution is 2.41. The van der Waals surface area contributed by atoms with Crippen molar-refractivity contribution in [2.75, 3.05) is 44.7 Å². The summed E-state index contributed by atoms with van der Waals surface area (Å²) in [6.07, 6.45) is -2.78. The van der Waals surface area contributed by atoms with Gasteiger partial charge in [-0.3, -0.25) is 9.59 Å². The van der Waals surface area contributed by atoms with Crippen LogP contribution in [0.3, 0.4) is 0 Å². The van der Waals surface area contributed by atoms with Gasteiger partial charge in [0.15, 0.2) is 5.82 Å². The first-order valence-electron chi connectivity index (χ1n) is 17.1. The number of alkyl halides is 7. The first-order chi connectivity index (χ1) is 23.5. The van der Waals surface area contributed by atoms with Crippen LogP contribution in [-0.4, -0.2) is 89.6 Å². The molecule has 10 nitrogen and oxygen atoms in total. The van der Waals surface area contributed by atoms with Gasteiger partial charge in [-0.15, -0.1) is 0 Å². The summed E-state index contributed by atoms with van der Waals surface area (Å²) >= 11 is 0. The Kier molecular flexibility index (Phi) is 14.6. The topological polar surface area (TPSA) is 117 Å². The highest BCUT2D eigenvalue weighted by Gasteiger charge is 2.45. The van der Waals surface area contributed by atoms with Gasteiger partial charge in [0.1, 0.15) is 12.0 Å². The number of allylic oxidation sites excluding steroid dienone is 1. The van der Waals surface area contributed by atoms with E-state index in [0.29, 0.717) is 24.1 Å². The van der Waals surface area contributed by atoms with Crippen molar-refractivity contribution in [2.24, 2.45) is 17.8 Å². The van der Waals surface area contributed by atoms with Gasteiger partial charge < -0.3 is 20.9 Å². The van der Waals surface area contributed by atoms with Gasteiger partial charge in [-0.2, -0.15) is 23.3 Å². The second kappa shape index (κ2) is 17.7. The Morgan fingerprint density at radius 3 is 2.38 bits per heavy atom. The molecule has 0 spiro atoms. The van der Waals surface area contributed by atoms with Gasteiger partial charge in [-0.05, 0) is 51.1 Å². The number of fused-ring (bicyclic) bond motifs is 1. The van der Waals surface area contributed by atoms with Crippen molar-refractivity contribution in [1.29, 1.82) is 0 Å². The molecule has 2 saturated heterocycles. The van der Waals surface area contributed by atoms with Gasteiger partial charge in [0, 0.05) is 57.8 Å². The molecule has 3 atom stereocenters. The van der Waals surface area contributed by atoms with Crippen molar-refractivity contribution in [1.82, 2.24) is 35.5 Å². The van der Waals surface area contributed by atoms with E-state index in [1.54, 1.807) is 25.1 Å². The molecule has 0 bridgehead atoms. The van der Waals surface area contributed by atoms with Gasteiger partial charge in [0.2, 0.25) is 11.8 Å². The van der Waals surface area contributed by atoms with Crippen LogP contribution in [0.1, 0.15) is 83.1 Å². The molecule has 3 N–H and O–H groups in total. The van der Waals surface area contributed by atoms with Crippen LogP contribution in [0.25, 0.3) is 5.78 Å². The average molecular weight is 723 g/mol. The number of anilines is 1. The molecule has 2 aromatic rings. The highest BCUT2D eigenvalue weighted by atomic mass is 19.4. The number of hydrogen-bond acceptors (Lipinski definition) is 8. The van der Waals surface area contributed by atoms with Crippen molar-refractivity contribution in [3.8, 4) is 0 Å². The van der Waals surface area contributed by atoms with Crippen LogP contribution in [0.5, 0.6) is 0 Å². The van der Waals surface area contributed by atoms with Gasteiger partial charge in [0.25, 0.3) is 11.7 Å². The molecule has 2 aromatic heterocycles. The SMILES string of the molecule is C=C(C)C=O.CC.CNC(c1cn2nc(C[C@H]3C[C@@H](C(F)(F)F)CNC3=O)c(N3CCCC(F)(F)CNCC3)nc2n1)C1CCC(F)(F)CC1. The number of hydrogen-bond donors (Lipinski definition) is 3. The number of rotatable bonds is 7. The molecule has 3 fully saturated rings. The third kappa shape index (κ3) is 11.3. The molecule has 2 aliphatic heterocycles. The van der Waals surface area contributed by atoms with E-state index in [0.717, 1.165) is 6.29 Å². The predicted octanol–water partition coefficient (Wildman–Crippen LogP) is 5.68.